The fourth-order valence-electron chi connectivity index (χ4n) is 4.54. The van der Waals surface area contributed by atoms with Gasteiger partial charge in [0.05, 0.1) is 6.61 Å². The van der Waals surface area contributed by atoms with Crippen LogP contribution >= 0.6 is 7.82 Å². The minimum atomic E-state index is -3.99. The first-order valence-corrected chi connectivity index (χ1v) is 15.6. The number of phosphoric ester groups is 1. The lowest BCUT2D eigenvalue weighted by atomic mass is 10.0. The van der Waals surface area contributed by atoms with Gasteiger partial charge in [0.15, 0.2) is 12.7 Å². The Morgan fingerprint density at radius 2 is 1.17 bits per heavy atom. The summed E-state index contributed by atoms with van der Waals surface area (Å²) in [5.41, 5.74) is 1.07. The fraction of sp³-hybridized carbons (Fsp3) is 0.690. The number of aromatic nitrogens is 1. The van der Waals surface area contributed by atoms with Crippen LogP contribution in [0.15, 0.2) is 42.6 Å². The molecule has 1 N–H and O–H groups in total. The van der Waals surface area contributed by atoms with Gasteiger partial charge in [-0.05, 0) is 18.6 Å². The molecule has 1 atom stereocenters. The molecule has 0 fully saturated rings. The van der Waals surface area contributed by atoms with Crippen LogP contribution in [0.3, 0.4) is 0 Å². The summed E-state index contributed by atoms with van der Waals surface area (Å²) in [5.74, 6) is 0. The van der Waals surface area contributed by atoms with Crippen LogP contribution in [0.25, 0.3) is 10.9 Å². The van der Waals surface area contributed by atoms with Crippen LogP contribution in [0.2, 0.25) is 0 Å². The summed E-state index contributed by atoms with van der Waals surface area (Å²) in [4.78, 5) is 9.93. The van der Waals surface area contributed by atoms with E-state index < -0.39 is 7.82 Å². The molecule has 35 heavy (non-hydrogen) atoms. The SMILES string of the molecule is CCCCCCCCCCCCCCCCCCOP(=O)(O)OCC[n+]1cccc2ccccc21. The molecular formula is C29H49NO4P+. The van der Waals surface area contributed by atoms with E-state index in [1.807, 2.05) is 47.2 Å². The number of unbranched alkanes of at least 4 members (excludes halogenated alkanes) is 15. The van der Waals surface area contributed by atoms with Gasteiger partial charge in [-0.1, -0.05) is 115 Å². The van der Waals surface area contributed by atoms with Crippen LogP contribution in [0.4, 0.5) is 0 Å². The monoisotopic (exact) mass is 506 g/mol. The van der Waals surface area contributed by atoms with E-state index in [0.717, 1.165) is 30.2 Å². The van der Waals surface area contributed by atoms with Crippen molar-refractivity contribution < 1.29 is 23.1 Å². The van der Waals surface area contributed by atoms with Gasteiger partial charge in [0, 0.05) is 17.5 Å². The van der Waals surface area contributed by atoms with Crippen molar-refractivity contribution in [1.82, 2.24) is 0 Å². The second-order valence-corrected chi connectivity index (χ2v) is 11.2. The number of para-hydroxylation sites is 1. The summed E-state index contributed by atoms with van der Waals surface area (Å²) < 4.78 is 24.5. The largest absolute Gasteiger partial charge is 0.472 e. The fourth-order valence-corrected chi connectivity index (χ4v) is 5.28. The van der Waals surface area contributed by atoms with Gasteiger partial charge in [-0.15, -0.1) is 0 Å². The highest BCUT2D eigenvalue weighted by Gasteiger charge is 2.21. The van der Waals surface area contributed by atoms with E-state index in [2.05, 4.69) is 6.92 Å². The minimum Gasteiger partial charge on any atom is -0.302 e. The molecule has 0 aliphatic rings. The third kappa shape index (κ3) is 14.2. The van der Waals surface area contributed by atoms with E-state index >= 15 is 0 Å². The summed E-state index contributed by atoms with van der Waals surface area (Å²) in [6.07, 6.45) is 22.8. The zero-order chi connectivity index (χ0) is 25.0. The molecule has 5 nitrogen and oxygen atoms in total. The Morgan fingerprint density at radius 3 is 1.77 bits per heavy atom. The number of hydrogen-bond donors (Lipinski definition) is 1. The average molecular weight is 507 g/mol. The van der Waals surface area contributed by atoms with Crippen molar-refractivity contribution in [1.29, 1.82) is 0 Å². The zero-order valence-corrected chi connectivity index (χ0v) is 22.9. The smallest absolute Gasteiger partial charge is 0.302 e. The van der Waals surface area contributed by atoms with Crippen LogP contribution in [0, 0.1) is 0 Å². The van der Waals surface area contributed by atoms with Crippen LogP contribution in [0.5, 0.6) is 0 Å². The number of benzene rings is 1. The Hall–Kier alpha value is -1.26. The van der Waals surface area contributed by atoms with E-state index in [4.69, 9.17) is 9.05 Å². The Bertz CT molecular complexity index is 839. The van der Waals surface area contributed by atoms with Crippen molar-refractivity contribution >= 4 is 18.7 Å². The summed E-state index contributed by atoms with van der Waals surface area (Å²) in [5, 5.41) is 1.13. The average Bonchev–Trinajstić information content (AvgIpc) is 2.86. The van der Waals surface area contributed by atoms with Gasteiger partial charge in [-0.25, -0.2) is 4.57 Å². The van der Waals surface area contributed by atoms with Gasteiger partial charge >= 0.3 is 7.82 Å². The second-order valence-electron chi connectivity index (χ2n) is 9.70. The van der Waals surface area contributed by atoms with Crippen LogP contribution < -0.4 is 4.57 Å². The standard InChI is InChI=1S/C29H48NO4P/c1-2-3-4-5-6-7-8-9-10-11-12-13-14-15-16-19-26-33-35(31,32)34-27-25-30-24-20-22-28-21-17-18-23-29(28)30/h17-18,20-24H,2-16,19,25-27H2,1H3/p+1. The molecule has 0 saturated heterocycles. The summed E-state index contributed by atoms with van der Waals surface area (Å²) >= 11 is 0. The maximum Gasteiger partial charge on any atom is 0.472 e. The van der Waals surface area contributed by atoms with Crippen LogP contribution in [-0.4, -0.2) is 18.1 Å². The Morgan fingerprint density at radius 1 is 0.686 bits per heavy atom. The van der Waals surface area contributed by atoms with Crippen LogP contribution in [-0.2, 0) is 20.2 Å². The molecule has 0 saturated carbocycles. The normalized spacial score (nSPS) is 13.3. The topological polar surface area (TPSA) is 59.6 Å². The predicted octanol–water partition coefficient (Wildman–Crippen LogP) is 8.52. The highest BCUT2D eigenvalue weighted by Crippen LogP contribution is 2.43. The summed E-state index contributed by atoms with van der Waals surface area (Å²) in [6, 6.07) is 12.1. The molecule has 6 heteroatoms. The lowest BCUT2D eigenvalue weighted by Crippen LogP contribution is -2.36. The first kappa shape index (κ1) is 30.0. The number of nitrogens with zero attached hydrogens (tertiary/aromatic N) is 1. The molecule has 0 amide bonds. The van der Waals surface area contributed by atoms with Crippen molar-refractivity contribution in [2.24, 2.45) is 0 Å². The number of hydrogen-bond acceptors (Lipinski definition) is 3. The third-order valence-electron chi connectivity index (χ3n) is 6.63. The lowest BCUT2D eigenvalue weighted by molar-refractivity contribution is -0.672. The van der Waals surface area contributed by atoms with Gasteiger partial charge in [0.25, 0.3) is 0 Å². The van der Waals surface area contributed by atoms with Gasteiger partial charge in [-0.2, -0.15) is 4.57 Å². The number of pyridine rings is 1. The quantitative estimate of drug-likeness (QED) is 0.0987. The van der Waals surface area contributed by atoms with Gasteiger partial charge in [0.1, 0.15) is 6.61 Å². The van der Waals surface area contributed by atoms with E-state index in [1.165, 1.54) is 83.5 Å². The third-order valence-corrected chi connectivity index (χ3v) is 7.64. The molecule has 0 spiro atoms. The predicted molar refractivity (Wildman–Crippen MR) is 145 cm³/mol. The van der Waals surface area contributed by atoms with Gasteiger partial charge in [-0.3, -0.25) is 9.05 Å². The molecule has 0 aliphatic heterocycles. The molecule has 1 aromatic heterocycles. The van der Waals surface area contributed by atoms with Crippen molar-refractivity contribution in [3.05, 3.63) is 42.6 Å². The highest BCUT2D eigenvalue weighted by atomic mass is 31.2. The molecular weight excluding hydrogens is 457 g/mol. The van der Waals surface area contributed by atoms with Crippen molar-refractivity contribution in [2.75, 3.05) is 13.2 Å². The first-order valence-electron chi connectivity index (χ1n) is 14.1. The van der Waals surface area contributed by atoms with E-state index in [9.17, 15) is 9.46 Å². The molecule has 0 bridgehead atoms. The molecule has 2 rings (SSSR count). The molecule has 0 aliphatic carbocycles. The Labute approximate surface area is 213 Å². The van der Waals surface area contributed by atoms with E-state index in [1.54, 1.807) is 0 Å². The number of phosphoric acid groups is 1. The zero-order valence-electron chi connectivity index (χ0n) is 22.0. The van der Waals surface area contributed by atoms with Crippen molar-refractivity contribution in [3.63, 3.8) is 0 Å². The maximum atomic E-state index is 12.1. The van der Waals surface area contributed by atoms with Crippen molar-refractivity contribution in [2.45, 2.75) is 116 Å². The number of fused-ring (bicyclic) bond motifs is 1. The highest BCUT2D eigenvalue weighted by molar-refractivity contribution is 7.47. The second kappa shape index (κ2) is 18.9. The first-order chi connectivity index (χ1) is 17.1. The van der Waals surface area contributed by atoms with E-state index in [0.29, 0.717) is 6.54 Å². The lowest BCUT2D eigenvalue weighted by Gasteiger charge is -2.11. The molecule has 1 aromatic carbocycles. The maximum absolute atomic E-state index is 12.1. The molecule has 1 heterocycles. The van der Waals surface area contributed by atoms with Gasteiger partial charge < -0.3 is 4.89 Å². The van der Waals surface area contributed by atoms with Gasteiger partial charge in [0.2, 0.25) is 5.52 Å². The summed E-state index contributed by atoms with van der Waals surface area (Å²) in [6.45, 7) is 3.17. The summed E-state index contributed by atoms with van der Waals surface area (Å²) in [7, 11) is -3.99. The van der Waals surface area contributed by atoms with Crippen LogP contribution in [0.1, 0.15) is 110 Å². The van der Waals surface area contributed by atoms with Crippen molar-refractivity contribution in [3.8, 4) is 0 Å². The molecule has 1 unspecified atom stereocenters. The minimum absolute atomic E-state index is 0.130. The molecule has 198 valence electrons. The number of rotatable bonds is 22. The van der Waals surface area contributed by atoms with E-state index in [-0.39, 0.29) is 13.2 Å². The molecule has 0 radical (unpaired) electrons. The Kier molecular flexibility index (Phi) is 16.2. The molecule has 2 aromatic rings. The Balaban J connectivity index is 1.39.